The maximum absolute atomic E-state index is 12.0. The van der Waals surface area contributed by atoms with E-state index in [-0.39, 0.29) is 6.04 Å². The van der Waals surface area contributed by atoms with E-state index in [4.69, 9.17) is 0 Å². The van der Waals surface area contributed by atoms with E-state index in [2.05, 4.69) is 18.6 Å². The van der Waals surface area contributed by atoms with Crippen molar-refractivity contribution >= 4 is 10.0 Å². The van der Waals surface area contributed by atoms with Gasteiger partial charge in [-0.3, -0.25) is 0 Å². The Labute approximate surface area is 111 Å². The number of rotatable bonds is 7. The van der Waals surface area contributed by atoms with E-state index >= 15 is 0 Å². The first-order chi connectivity index (χ1) is 8.42. The van der Waals surface area contributed by atoms with Gasteiger partial charge in [-0.1, -0.05) is 44.9 Å². The Kier molecular flexibility index (Phi) is 5.82. The van der Waals surface area contributed by atoms with Gasteiger partial charge in [-0.05, 0) is 31.4 Å². The molecule has 0 amide bonds. The van der Waals surface area contributed by atoms with Crippen LogP contribution in [0.3, 0.4) is 0 Å². The molecule has 0 radical (unpaired) electrons. The fourth-order valence-electron chi connectivity index (χ4n) is 1.82. The minimum atomic E-state index is -3.36. The summed E-state index contributed by atoms with van der Waals surface area (Å²) in [5, 5.41) is 0. The van der Waals surface area contributed by atoms with Crippen LogP contribution in [0, 0.1) is 5.92 Å². The van der Waals surface area contributed by atoms with Crippen LogP contribution in [0.25, 0.3) is 0 Å². The van der Waals surface area contributed by atoms with E-state index in [9.17, 15) is 8.42 Å². The Morgan fingerprint density at radius 2 is 1.67 bits per heavy atom. The Morgan fingerprint density at radius 1 is 1.06 bits per heavy atom. The third-order valence-electron chi connectivity index (χ3n) is 2.83. The zero-order valence-corrected chi connectivity index (χ0v) is 12.2. The summed E-state index contributed by atoms with van der Waals surface area (Å²) in [7, 11) is -3.36. The van der Waals surface area contributed by atoms with E-state index in [1.54, 1.807) is 24.3 Å². The Balaban J connectivity index is 2.51. The zero-order valence-electron chi connectivity index (χ0n) is 11.4. The summed E-state index contributed by atoms with van der Waals surface area (Å²) in [6.45, 7) is 6.28. The third kappa shape index (κ3) is 5.19. The molecule has 0 aliphatic heterocycles. The van der Waals surface area contributed by atoms with Gasteiger partial charge in [0.1, 0.15) is 0 Å². The van der Waals surface area contributed by atoms with E-state index in [1.807, 2.05) is 13.0 Å². The second kappa shape index (κ2) is 6.90. The summed E-state index contributed by atoms with van der Waals surface area (Å²) in [4.78, 5) is 0.334. The van der Waals surface area contributed by atoms with Gasteiger partial charge >= 0.3 is 0 Å². The molecule has 1 N–H and O–H groups in total. The molecule has 0 aliphatic rings. The molecule has 18 heavy (non-hydrogen) atoms. The van der Waals surface area contributed by atoms with E-state index in [0.29, 0.717) is 10.8 Å². The average molecular weight is 269 g/mol. The predicted octanol–water partition coefficient (Wildman–Crippen LogP) is 3.18. The van der Waals surface area contributed by atoms with Crippen molar-refractivity contribution in [1.82, 2.24) is 4.72 Å². The molecule has 0 heterocycles. The van der Waals surface area contributed by atoms with Crippen LogP contribution in [-0.2, 0) is 10.0 Å². The molecule has 1 aromatic carbocycles. The summed E-state index contributed by atoms with van der Waals surface area (Å²) in [6, 6.07) is 8.49. The van der Waals surface area contributed by atoms with Gasteiger partial charge in [-0.25, -0.2) is 13.1 Å². The first-order valence-corrected chi connectivity index (χ1v) is 7.97. The smallest absolute Gasteiger partial charge is 0.208 e. The summed E-state index contributed by atoms with van der Waals surface area (Å²) in [5.74, 6) is 0.669. The summed E-state index contributed by atoms with van der Waals surface area (Å²) < 4.78 is 26.8. The third-order valence-corrected chi connectivity index (χ3v) is 4.43. The molecule has 0 saturated heterocycles. The summed E-state index contributed by atoms with van der Waals surface area (Å²) >= 11 is 0. The lowest BCUT2D eigenvalue weighted by Gasteiger charge is -2.14. The van der Waals surface area contributed by atoms with Gasteiger partial charge in [-0.15, -0.1) is 0 Å². The van der Waals surface area contributed by atoms with E-state index in [1.165, 1.54) is 0 Å². The molecule has 0 fully saturated rings. The minimum Gasteiger partial charge on any atom is -0.208 e. The zero-order chi connectivity index (χ0) is 13.6. The molecule has 1 rings (SSSR count). The molecular weight excluding hydrogens is 246 g/mol. The van der Waals surface area contributed by atoms with Crippen LogP contribution in [0.5, 0.6) is 0 Å². The second-order valence-electron chi connectivity index (χ2n) is 5.16. The van der Waals surface area contributed by atoms with E-state index in [0.717, 1.165) is 19.3 Å². The number of hydrogen-bond acceptors (Lipinski definition) is 2. The average Bonchev–Trinajstić information content (AvgIpc) is 2.29. The number of nitrogens with one attached hydrogen (secondary N) is 1. The molecule has 0 bridgehead atoms. The van der Waals surface area contributed by atoms with Crippen LogP contribution >= 0.6 is 0 Å². The largest absolute Gasteiger partial charge is 0.240 e. The standard InChI is InChI=1S/C14H23NO2S/c1-12(2)8-7-9-13(3)15-18(16,17)14-10-5-4-6-11-14/h4-6,10-13,15H,7-9H2,1-3H3. The van der Waals surface area contributed by atoms with Gasteiger partial charge in [-0.2, -0.15) is 0 Å². The van der Waals surface area contributed by atoms with Gasteiger partial charge in [0, 0.05) is 6.04 Å². The Hall–Kier alpha value is -0.870. The normalized spacial score (nSPS) is 13.8. The first kappa shape index (κ1) is 15.2. The minimum absolute atomic E-state index is 0.0195. The molecule has 0 saturated carbocycles. The van der Waals surface area contributed by atoms with Crippen LogP contribution < -0.4 is 4.72 Å². The summed E-state index contributed by atoms with van der Waals surface area (Å²) in [6.07, 6.45) is 3.07. The highest BCUT2D eigenvalue weighted by atomic mass is 32.2. The molecule has 3 nitrogen and oxygen atoms in total. The van der Waals surface area contributed by atoms with Crippen LogP contribution in [0.1, 0.15) is 40.0 Å². The molecule has 0 spiro atoms. The van der Waals surface area contributed by atoms with Crippen molar-refractivity contribution in [3.63, 3.8) is 0 Å². The maximum Gasteiger partial charge on any atom is 0.240 e. The van der Waals surface area contributed by atoms with Gasteiger partial charge in [0.2, 0.25) is 10.0 Å². The van der Waals surface area contributed by atoms with E-state index < -0.39 is 10.0 Å². The van der Waals surface area contributed by atoms with Crippen molar-refractivity contribution in [2.24, 2.45) is 5.92 Å². The van der Waals surface area contributed by atoms with Crippen molar-refractivity contribution in [3.8, 4) is 0 Å². The fourth-order valence-corrected chi connectivity index (χ4v) is 3.12. The van der Waals surface area contributed by atoms with Crippen molar-refractivity contribution in [2.75, 3.05) is 0 Å². The highest BCUT2D eigenvalue weighted by Gasteiger charge is 2.16. The monoisotopic (exact) mass is 269 g/mol. The summed E-state index contributed by atoms with van der Waals surface area (Å²) in [5.41, 5.74) is 0. The van der Waals surface area contributed by atoms with Gasteiger partial charge in [0.15, 0.2) is 0 Å². The molecular formula is C14H23NO2S. The maximum atomic E-state index is 12.0. The highest BCUT2D eigenvalue weighted by Crippen LogP contribution is 2.12. The van der Waals surface area contributed by atoms with Crippen LogP contribution in [0.4, 0.5) is 0 Å². The highest BCUT2D eigenvalue weighted by molar-refractivity contribution is 7.89. The van der Waals surface area contributed by atoms with Crippen LogP contribution in [0.2, 0.25) is 0 Å². The Morgan fingerprint density at radius 3 is 2.22 bits per heavy atom. The number of benzene rings is 1. The lowest BCUT2D eigenvalue weighted by molar-refractivity contribution is 0.488. The van der Waals surface area contributed by atoms with Crippen molar-refractivity contribution in [3.05, 3.63) is 30.3 Å². The number of sulfonamides is 1. The number of hydrogen-bond donors (Lipinski definition) is 1. The fraction of sp³-hybridized carbons (Fsp3) is 0.571. The first-order valence-electron chi connectivity index (χ1n) is 6.49. The molecule has 4 heteroatoms. The molecule has 1 aromatic rings. The molecule has 1 atom stereocenters. The van der Waals surface area contributed by atoms with Crippen molar-refractivity contribution in [1.29, 1.82) is 0 Å². The lowest BCUT2D eigenvalue weighted by Crippen LogP contribution is -2.32. The van der Waals surface area contributed by atoms with Gasteiger partial charge in [0.05, 0.1) is 4.90 Å². The molecule has 1 unspecified atom stereocenters. The Bertz CT molecular complexity index is 440. The molecule has 0 aliphatic carbocycles. The topological polar surface area (TPSA) is 46.2 Å². The lowest BCUT2D eigenvalue weighted by atomic mass is 10.0. The quantitative estimate of drug-likeness (QED) is 0.826. The SMILES string of the molecule is CC(C)CCCC(C)NS(=O)(=O)c1ccccc1. The van der Waals surface area contributed by atoms with Gasteiger partial charge in [0.25, 0.3) is 0 Å². The van der Waals surface area contributed by atoms with Crippen molar-refractivity contribution in [2.45, 2.75) is 51.0 Å². The molecule has 0 aromatic heterocycles. The van der Waals surface area contributed by atoms with Crippen molar-refractivity contribution < 1.29 is 8.42 Å². The van der Waals surface area contributed by atoms with Crippen LogP contribution in [0.15, 0.2) is 35.2 Å². The molecule has 102 valence electrons. The van der Waals surface area contributed by atoms with Gasteiger partial charge < -0.3 is 0 Å². The predicted molar refractivity (Wildman–Crippen MR) is 74.9 cm³/mol. The second-order valence-corrected chi connectivity index (χ2v) is 6.87. The van der Waals surface area contributed by atoms with Crippen LogP contribution in [-0.4, -0.2) is 14.5 Å².